The van der Waals surface area contributed by atoms with Crippen LogP contribution in [0.1, 0.15) is 10.4 Å². The molecule has 1 fully saturated rings. The predicted molar refractivity (Wildman–Crippen MR) is 106 cm³/mol. The van der Waals surface area contributed by atoms with E-state index in [0.29, 0.717) is 30.1 Å². The van der Waals surface area contributed by atoms with Crippen LogP contribution in [0.15, 0.2) is 53.4 Å². The molecule has 0 aromatic heterocycles. The second-order valence-corrected chi connectivity index (χ2v) is 7.59. The Morgan fingerprint density at radius 2 is 1.78 bits per heavy atom. The van der Waals surface area contributed by atoms with Gasteiger partial charge in [-0.15, -0.1) is 12.4 Å². The Hall–Kier alpha value is -2.29. The topological polar surface area (TPSA) is 87.7 Å². The van der Waals surface area contributed by atoms with Crippen LogP contribution in [0.5, 0.6) is 5.75 Å². The number of halogens is 1. The van der Waals surface area contributed by atoms with E-state index >= 15 is 0 Å². The Bertz CT molecular complexity index is 882. The van der Waals surface area contributed by atoms with Crippen molar-refractivity contribution < 1.29 is 17.9 Å². The highest BCUT2D eigenvalue weighted by atomic mass is 35.5. The third kappa shape index (κ3) is 5.12. The van der Waals surface area contributed by atoms with Gasteiger partial charge in [0.1, 0.15) is 5.75 Å². The molecule has 2 aromatic rings. The van der Waals surface area contributed by atoms with E-state index < -0.39 is 10.0 Å². The molecule has 1 amide bonds. The normalized spacial score (nSPS) is 14.2. The highest BCUT2D eigenvalue weighted by Crippen LogP contribution is 2.20. The van der Waals surface area contributed by atoms with Crippen molar-refractivity contribution in [1.82, 2.24) is 10.2 Å². The van der Waals surface area contributed by atoms with Crippen LogP contribution in [0.4, 0.5) is 5.69 Å². The van der Waals surface area contributed by atoms with Crippen LogP contribution >= 0.6 is 12.4 Å². The first-order valence-electron chi connectivity index (χ1n) is 8.26. The van der Waals surface area contributed by atoms with Crippen LogP contribution in [-0.4, -0.2) is 52.5 Å². The highest BCUT2D eigenvalue weighted by Gasteiger charge is 2.21. The van der Waals surface area contributed by atoms with E-state index in [0.717, 1.165) is 13.1 Å². The molecule has 1 heterocycles. The number of methoxy groups -OCH3 is 1. The van der Waals surface area contributed by atoms with Crippen molar-refractivity contribution in [3.8, 4) is 5.75 Å². The SMILES string of the molecule is COc1ccc(NS(=O)(=O)c2cccc(C(=O)N3CCNCC3)c2)cc1.Cl. The number of anilines is 1. The van der Waals surface area contributed by atoms with Crippen molar-refractivity contribution in [3.63, 3.8) is 0 Å². The van der Waals surface area contributed by atoms with E-state index in [2.05, 4.69) is 10.0 Å². The lowest BCUT2D eigenvalue weighted by Crippen LogP contribution is -2.46. The quantitative estimate of drug-likeness (QED) is 0.785. The van der Waals surface area contributed by atoms with Crippen LogP contribution < -0.4 is 14.8 Å². The molecule has 9 heteroatoms. The van der Waals surface area contributed by atoms with Gasteiger partial charge in [0.25, 0.3) is 15.9 Å². The standard InChI is InChI=1S/C18H21N3O4S.ClH/c1-25-16-7-5-15(6-8-16)20-26(23,24)17-4-2-3-14(13-17)18(22)21-11-9-19-10-12-21;/h2-8,13,19-20H,9-12H2,1H3;1H. The molecule has 1 aliphatic rings. The minimum Gasteiger partial charge on any atom is -0.497 e. The number of carbonyl (C=O) groups excluding carboxylic acids is 1. The van der Waals surface area contributed by atoms with Crippen molar-refractivity contribution in [3.05, 3.63) is 54.1 Å². The van der Waals surface area contributed by atoms with Gasteiger partial charge in [0.05, 0.1) is 12.0 Å². The largest absolute Gasteiger partial charge is 0.497 e. The summed E-state index contributed by atoms with van der Waals surface area (Å²) < 4.78 is 32.8. The summed E-state index contributed by atoms with van der Waals surface area (Å²) in [5.41, 5.74) is 0.786. The number of amides is 1. The van der Waals surface area contributed by atoms with Crippen LogP contribution in [-0.2, 0) is 10.0 Å². The molecule has 3 rings (SSSR count). The monoisotopic (exact) mass is 411 g/mol. The maximum atomic E-state index is 12.6. The van der Waals surface area contributed by atoms with Gasteiger partial charge in [-0.2, -0.15) is 0 Å². The van der Waals surface area contributed by atoms with Gasteiger partial charge >= 0.3 is 0 Å². The van der Waals surface area contributed by atoms with Gasteiger partial charge < -0.3 is 15.0 Å². The number of nitrogens with zero attached hydrogens (tertiary/aromatic N) is 1. The van der Waals surface area contributed by atoms with E-state index in [1.165, 1.54) is 12.1 Å². The summed E-state index contributed by atoms with van der Waals surface area (Å²) in [6.07, 6.45) is 0. The van der Waals surface area contributed by atoms with Gasteiger partial charge in [0.15, 0.2) is 0 Å². The average Bonchev–Trinajstić information content (AvgIpc) is 2.68. The van der Waals surface area contributed by atoms with E-state index in [1.807, 2.05) is 0 Å². The number of nitrogens with one attached hydrogen (secondary N) is 2. The number of ether oxygens (including phenoxy) is 1. The van der Waals surface area contributed by atoms with E-state index in [9.17, 15) is 13.2 Å². The molecule has 1 aliphatic heterocycles. The Morgan fingerprint density at radius 1 is 1.11 bits per heavy atom. The summed E-state index contributed by atoms with van der Waals surface area (Å²) >= 11 is 0. The van der Waals surface area contributed by atoms with Gasteiger partial charge in [-0.3, -0.25) is 9.52 Å². The summed E-state index contributed by atoms with van der Waals surface area (Å²) in [6, 6.07) is 12.7. The lowest BCUT2D eigenvalue weighted by molar-refractivity contribution is 0.0735. The molecule has 0 bridgehead atoms. The van der Waals surface area contributed by atoms with Crippen molar-refractivity contribution >= 4 is 34.0 Å². The van der Waals surface area contributed by atoms with Gasteiger partial charge in [0.2, 0.25) is 0 Å². The Balaban J connectivity index is 0.00000261. The molecular weight excluding hydrogens is 390 g/mol. The molecule has 0 spiro atoms. The number of rotatable bonds is 5. The minimum atomic E-state index is -3.79. The smallest absolute Gasteiger partial charge is 0.261 e. The first-order chi connectivity index (χ1) is 12.5. The number of piperazine rings is 1. The number of benzene rings is 2. The average molecular weight is 412 g/mol. The molecule has 0 unspecified atom stereocenters. The summed E-state index contributed by atoms with van der Waals surface area (Å²) in [6.45, 7) is 2.70. The number of carbonyl (C=O) groups is 1. The number of hydrogen-bond acceptors (Lipinski definition) is 5. The molecule has 7 nitrogen and oxygen atoms in total. The Labute approximate surface area is 165 Å². The molecule has 0 aliphatic carbocycles. The van der Waals surface area contributed by atoms with Gasteiger partial charge in [-0.1, -0.05) is 6.07 Å². The maximum Gasteiger partial charge on any atom is 0.261 e. The lowest BCUT2D eigenvalue weighted by Gasteiger charge is -2.27. The third-order valence-electron chi connectivity index (χ3n) is 4.14. The van der Waals surface area contributed by atoms with Crippen molar-refractivity contribution in [2.24, 2.45) is 0 Å². The van der Waals surface area contributed by atoms with Crippen LogP contribution in [0, 0.1) is 0 Å². The Morgan fingerprint density at radius 3 is 2.41 bits per heavy atom. The fourth-order valence-corrected chi connectivity index (χ4v) is 3.82. The summed E-state index contributed by atoms with van der Waals surface area (Å²) in [7, 11) is -2.25. The molecule has 2 aromatic carbocycles. The number of hydrogen-bond donors (Lipinski definition) is 2. The number of sulfonamides is 1. The van der Waals surface area contributed by atoms with Crippen LogP contribution in [0.2, 0.25) is 0 Å². The fourth-order valence-electron chi connectivity index (χ4n) is 2.72. The fraction of sp³-hybridized carbons (Fsp3) is 0.278. The Kier molecular flexibility index (Phi) is 7.06. The zero-order chi connectivity index (χ0) is 18.6. The molecule has 27 heavy (non-hydrogen) atoms. The molecular formula is C18H22ClN3O4S. The van der Waals surface area contributed by atoms with Crippen molar-refractivity contribution in [2.75, 3.05) is 38.0 Å². The summed E-state index contributed by atoms with van der Waals surface area (Å²) in [5, 5.41) is 3.18. The first-order valence-corrected chi connectivity index (χ1v) is 9.75. The van der Waals surface area contributed by atoms with E-state index in [4.69, 9.17) is 4.74 Å². The molecule has 2 N–H and O–H groups in total. The predicted octanol–water partition coefficient (Wildman–Crippen LogP) is 1.96. The van der Waals surface area contributed by atoms with E-state index in [1.54, 1.807) is 48.4 Å². The molecule has 146 valence electrons. The molecule has 0 radical (unpaired) electrons. The zero-order valence-corrected chi connectivity index (χ0v) is 16.5. The van der Waals surface area contributed by atoms with Crippen LogP contribution in [0.3, 0.4) is 0 Å². The first kappa shape index (κ1) is 21.0. The minimum absolute atomic E-state index is 0. The lowest BCUT2D eigenvalue weighted by atomic mass is 10.2. The summed E-state index contributed by atoms with van der Waals surface area (Å²) in [4.78, 5) is 14.3. The molecule has 0 atom stereocenters. The second-order valence-electron chi connectivity index (χ2n) is 5.90. The van der Waals surface area contributed by atoms with Gasteiger partial charge in [-0.25, -0.2) is 8.42 Å². The van der Waals surface area contributed by atoms with Crippen LogP contribution in [0.25, 0.3) is 0 Å². The van der Waals surface area contributed by atoms with Crippen molar-refractivity contribution in [1.29, 1.82) is 0 Å². The van der Waals surface area contributed by atoms with Gasteiger partial charge in [0, 0.05) is 37.4 Å². The zero-order valence-electron chi connectivity index (χ0n) is 14.8. The highest BCUT2D eigenvalue weighted by molar-refractivity contribution is 7.92. The summed E-state index contributed by atoms with van der Waals surface area (Å²) in [5.74, 6) is 0.476. The second kappa shape index (κ2) is 9.07. The third-order valence-corrected chi connectivity index (χ3v) is 5.52. The van der Waals surface area contributed by atoms with Crippen molar-refractivity contribution in [2.45, 2.75) is 4.90 Å². The van der Waals surface area contributed by atoms with Gasteiger partial charge in [-0.05, 0) is 42.5 Å². The maximum absolute atomic E-state index is 12.6. The van der Waals surface area contributed by atoms with E-state index in [-0.39, 0.29) is 23.2 Å². The molecule has 0 saturated carbocycles. The molecule has 1 saturated heterocycles.